The van der Waals surface area contributed by atoms with Gasteiger partial charge in [0.2, 0.25) is 0 Å². The molecule has 0 unspecified atom stereocenters. The van der Waals surface area contributed by atoms with Crippen LogP contribution in [0, 0.1) is 10.1 Å². The molecule has 108 valence electrons. The van der Waals surface area contributed by atoms with Crippen LogP contribution in [-0.4, -0.2) is 21.9 Å². The smallest absolute Gasteiger partial charge is 0.433 e. The van der Waals surface area contributed by atoms with Crippen molar-refractivity contribution < 1.29 is 24.0 Å². The molecule has 21 heavy (non-hydrogen) atoms. The van der Waals surface area contributed by atoms with Gasteiger partial charge in [-0.1, -0.05) is 11.6 Å². The van der Waals surface area contributed by atoms with Crippen molar-refractivity contribution in [1.29, 1.82) is 0 Å². The van der Waals surface area contributed by atoms with Gasteiger partial charge in [0.15, 0.2) is 5.76 Å². The molecule has 8 nitrogen and oxygen atoms in total. The molecular weight excluding hydrogens is 304 g/mol. The van der Waals surface area contributed by atoms with Crippen molar-refractivity contribution in [3.8, 4) is 0 Å². The van der Waals surface area contributed by atoms with Crippen LogP contribution in [-0.2, 0) is 0 Å². The van der Waals surface area contributed by atoms with Gasteiger partial charge in [-0.2, -0.15) is 0 Å². The quantitative estimate of drug-likeness (QED) is 0.661. The Morgan fingerprint density at radius 1 is 1.29 bits per heavy atom. The van der Waals surface area contributed by atoms with Gasteiger partial charge in [0.1, 0.15) is 4.92 Å². The molecule has 2 rings (SSSR count). The number of amides is 1. The van der Waals surface area contributed by atoms with Crippen LogP contribution in [0.5, 0.6) is 0 Å². The molecule has 0 aliphatic rings. The lowest BCUT2D eigenvalue weighted by molar-refractivity contribution is -0.402. The number of halogens is 1. The van der Waals surface area contributed by atoms with E-state index < -0.39 is 22.7 Å². The second-order valence-corrected chi connectivity index (χ2v) is 4.26. The van der Waals surface area contributed by atoms with E-state index in [9.17, 15) is 19.7 Å². The highest BCUT2D eigenvalue weighted by Gasteiger charge is 2.18. The molecule has 0 aliphatic heterocycles. The number of furan rings is 1. The zero-order valence-corrected chi connectivity index (χ0v) is 11.0. The Labute approximate surface area is 122 Å². The van der Waals surface area contributed by atoms with Gasteiger partial charge < -0.3 is 14.8 Å². The predicted octanol–water partition coefficient (Wildman–Crippen LogP) is 2.79. The molecule has 1 heterocycles. The van der Waals surface area contributed by atoms with E-state index >= 15 is 0 Å². The molecule has 1 aromatic heterocycles. The average Bonchev–Trinajstić information content (AvgIpc) is 2.90. The molecule has 1 amide bonds. The van der Waals surface area contributed by atoms with Crippen molar-refractivity contribution in [2.24, 2.45) is 0 Å². The third kappa shape index (κ3) is 3.18. The van der Waals surface area contributed by atoms with Crippen molar-refractivity contribution in [3.05, 3.63) is 56.8 Å². The highest BCUT2D eigenvalue weighted by atomic mass is 35.5. The second-order valence-electron chi connectivity index (χ2n) is 3.85. The van der Waals surface area contributed by atoms with E-state index in [0.717, 1.165) is 12.1 Å². The molecule has 0 aliphatic carbocycles. The number of carboxylic acid groups (broad SMARTS) is 1. The number of anilines is 1. The van der Waals surface area contributed by atoms with Gasteiger partial charge in [-0.3, -0.25) is 14.9 Å². The molecule has 0 fully saturated rings. The number of benzene rings is 1. The number of nitrogens with one attached hydrogen (secondary N) is 1. The lowest BCUT2D eigenvalue weighted by atomic mass is 10.2. The average molecular weight is 311 g/mol. The van der Waals surface area contributed by atoms with E-state index in [1.54, 1.807) is 0 Å². The van der Waals surface area contributed by atoms with E-state index in [1.165, 1.54) is 18.2 Å². The first-order valence-corrected chi connectivity index (χ1v) is 5.84. The summed E-state index contributed by atoms with van der Waals surface area (Å²) in [6, 6.07) is 6.05. The van der Waals surface area contributed by atoms with Crippen LogP contribution in [0.4, 0.5) is 11.6 Å². The second kappa shape index (κ2) is 5.63. The monoisotopic (exact) mass is 310 g/mol. The molecule has 9 heteroatoms. The molecule has 2 N–H and O–H groups in total. The van der Waals surface area contributed by atoms with Gasteiger partial charge in [-0.05, 0) is 24.3 Å². The summed E-state index contributed by atoms with van der Waals surface area (Å²) in [5.74, 6) is -2.83. The van der Waals surface area contributed by atoms with Crippen LogP contribution in [0.2, 0.25) is 5.02 Å². The van der Waals surface area contributed by atoms with Gasteiger partial charge in [0, 0.05) is 5.69 Å². The van der Waals surface area contributed by atoms with Gasteiger partial charge in [-0.15, -0.1) is 0 Å². The number of rotatable bonds is 4. The highest BCUT2D eigenvalue weighted by Crippen LogP contribution is 2.22. The SMILES string of the molecule is O=C(Nc1ccc(Cl)c(C(=O)O)c1)c1ccc([N+](=O)[O-])o1. The molecule has 0 saturated carbocycles. The number of hydrogen-bond donors (Lipinski definition) is 2. The maximum Gasteiger partial charge on any atom is 0.433 e. The first-order chi connectivity index (χ1) is 9.88. The summed E-state index contributed by atoms with van der Waals surface area (Å²) in [6.07, 6.45) is 0. The summed E-state index contributed by atoms with van der Waals surface area (Å²) in [5.41, 5.74) is -0.0132. The Kier molecular flexibility index (Phi) is 3.90. The van der Waals surface area contributed by atoms with Gasteiger partial charge in [0.05, 0.1) is 16.7 Å². The van der Waals surface area contributed by atoms with Gasteiger partial charge >= 0.3 is 11.9 Å². The lowest BCUT2D eigenvalue weighted by Crippen LogP contribution is -2.11. The summed E-state index contributed by atoms with van der Waals surface area (Å²) >= 11 is 5.70. The van der Waals surface area contributed by atoms with E-state index in [2.05, 4.69) is 5.32 Å². The third-order valence-electron chi connectivity index (χ3n) is 2.45. The Morgan fingerprint density at radius 2 is 2.00 bits per heavy atom. The van der Waals surface area contributed by atoms with Gasteiger partial charge in [0.25, 0.3) is 5.91 Å². The van der Waals surface area contributed by atoms with Crippen LogP contribution in [0.1, 0.15) is 20.9 Å². The van der Waals surface area contributed by atoms with Crippen molar-refractivity contribution in [2.45, 2.75) is 0 Å². The fourth-order valence-corrected chi connectivity index (χ4v) is 1.71. The summed E-state index contributed by atoms with van der Waals surface area (Å²) in [4.78, 5) is 32.4. The molecule has 1 aromatic carbocycles. The maximum absolute atomic E-state index is 11.8. The fraction of sp³-hybridized carbons (Fsp3) is 0. The summed E-state index contributed by atoms with van der Waals surface area (Å²) in [7, 11) is 0. The lowest BCUT2D eigenvalue weighted by Gasteiger charge is -2.05. The van der Waals surface area contributed by atoms with Crippen molar-refractivity contribution in [1.82, 2.24) is 0 Å². The van der Waals surface area contributed by atoms with Crippen molar-refractivity contribution in [2.75, 3.05) is 5.32 Å². The van der Waals surface area contributed by atoms with Crippen molar-refractivity contribution >= 4 is 35.0 Å². The number of carbonyl (C=O) groups is 2. The third-order valence-corrected chi connectivity index (χ3v) is 2.78. The zero-order chi connectivity index (χ0) is 15.6. The normalized spacial score (nSPS) is 10.1. The number of aromatic carboxylic acids is 1. The first kappa shape index (κ1) is 14.5. The van der Waals surface area contributed by atoms with Crippen LogP contribution in [0.3, 0.4) is 0 Å². The standard InChI is InChI=1S/C12H7ClN2O6/c13-8-2-1-6(5-7(8)12(17)18)14-11(16)9-3-4-10(21-9)15(19)20/h1-5H,(H,14,16)(H,17,18). The van der Waals surface area contributed by atoms with Crippen molar-refractivity contribution in [3.63, 3.8) is 0 Å². The Morgan fingerprint density at radius 3 is 2.57 bits per heavy atom. The molecule has 0 bridgehead atoms. The van der Waals surface area contributed by atoms with E-state index in [4.69, 9.17) is 21.1 Å². The van der Waals surface area contributed by atoms with E-state index in [0.29, 0.717) is 0 Å². The number of carbonyl (C=O) groups excluding carboxylic acids is 1. The summed E-state index contributed by atoms with van der Waals surface area (Å²) < 4.78 is 4.73. The number of carboxylic acids is 1. The minimum atomic E-state index is -1.25. The number of nitro groups is 1. The van der Waals surface area contributed by atoms with E-state index in [-0.39, 0.29) is 22.0 Å². The number of nitrogens with zero attached hydrogens (tertiary/aromatic N) is 1. The predicted molar refractivity (Wildman–Crippen MR) is 71.7 cm³/mol. The first-order valence-electron chi connectivity index (χ1n) is 5.47. The van der Waals surface area contributed by atoms with Crippen LogP contribution in [0.25, 0.3) is 0 Å². The Balaban J connectivity index is 2.21. The Bertz CT molecular complexity index is 739. The molecular formula is C12H7ClN2O6. The topological polar surface area (TPSA) is 123 Å². The largest absolute Gasteiger partial charge is 0.478 e. The minimum absolute atomic E-state index is 0.0223. The highest BCUT2D eigenvalue weighted by molar-refractivity contribution is 6.33. The maximum atomic E-state index is 11.8. The van der Waals surface area contributed by atoms with Gasteiger partial charge in [-0.25, -0.2) is 4.79 Å². The molecule has 0 atom stereocenters. The molecule has 0 spiro atoms. The summed E-state index contributed by atoms with van der Waals surface area (Å²) in [5, 5.41) is 21.7. The zero-order valence-electron chi connectivity index (χ0n) is 10.2. The molecule has 0 radical (unpaired) electrons. The van der Waals surface area contributed by atoms with Crippen LogP contribution in [0.15, 0.2) is 34.7 Å². The Hall–Kier alpha value is -2.87. The minimum Gasteiger partial charge on any atom is -0.478 e. The molecule has 0 saturated heterocycles. The summed E-state index contributed by atoms with van der Waals surface area (Å²) in [6.45, 7) is 0. The van der Waals surface area contributed by atoms with E-state index in [1.807, 2.05) is 0 Å². The van der Waals surface area contributed by atoms with Crippen LogP contribution < -0.4 is 5.32 Å². The molecule has 2 aromatic rings. The fourth-order valence-electron chi connectivity index (χ4n) is 1.51. The van der Waals surface area contributed by atoms with Crippen LogP contribution >= 0.6 is 11.6 Å². The number of hydrogen-bond acceptors (Lipinski definition) is 5.